The lowest BCUT2D eigenvalue weighted by Crippen LogP contribution is -2.50. The molecule has 1 aliphatic heterocycles. The average molecular weight is 418 g/mol. The number of aryl methyl sites for hydroxylation is 2. The number of piperazine rings is 1. The maximum Gasteiger partial charge on any atom is 0.260 e. The molecule has 2 aromatic carbocycles. The predicted molar refractivity (Wildman–Crippen MR) is 119 cm³/mol. The fourth-order valence-corrected chi connectivity index (χ4v) is 3.48. The van der Waals surface area contributed by atoms with Crippen molar-refractivity contribution in [3.63, 3.8) is 0 Å². The van der Waals surface area contributed by atoms with Gasteiger partial charge in [0.1, 0.15) is 23.1 Å². The summed E-state index contributed by atoms with van der Waals surface area (Å²) in [6, 6.07) is 19.1. The van der Waals surface area contributed by atoms with Gasteiger partial charge in [0.25, 0.3) is 5.91 Å². The maximum atomic E-state index is 12.5. The van der Waals surface area contributed by atoms with Crippen LogP contribution in [0.3, 0.4) is 0 Å². The summed E-state index contributed by atoms with van der Waals surface area (Å²) in [5, 5.41) is 0. The van der Waals surface area contributed by atoms with E-state index in [9.17, 15) is 4.79 Å². The third-order valence-electron chi connectivity index (χ3n) is 5.07. The van der Waals surface area contributed by atoms with Crippen molar-refractivity contribution in [3.8, 4) is 17.4 Å². The molecule has 1 saturated heterocycles. The number of nitrogens with zero attached hydrogens (tertiary/aromatic N) is 4. The highest BCUT2D eigenvalue weighted by Crippen LogP contribution is 2.24. The minimum absolute atomic E-state index is 0.00637. The Kier molecular flexibility index (Phi) is 6.31. The largest absolute Gasteiger partial charge is 0.484 e. The summed E-state index contributed by atoms with van der Waals surface area (Å²) in [6.07, 6.45) is 0. The second-order valence-corrected chi connectivity index (χ2v) is 7.50. The molecule has 160 valence electrons. The van der Waals surface area contributed by atoms with Crippen LogP contribution < -0.4 is 14.4 Å². The molecule has 0 N–H and O–H groups in total. The van der Waals surface area contributed by atoms with Gasteiger partial charge in [-0.25, -0.2) is 4.98 Å². The number of benzene rings is 2. The zero-order valence-electron chi connectivity index (χ0n) is 17.8. The van der Waals surface area contributed by atoms with Crippen LogP contribution in [-0.2, 0) is 4.79 Å². The van der Waals surface area contributed by atoms with Crippen LogP contribution in [0.5, 0.6) is 17.4 Å². The molecule has 1 amide bonds. The Hall–Kier alpha value is -3.61. The molecular weight excluding hydrogens is 392 g/mol. The molecule has 0 bridgehead atoms. The van der Waals surface area contributed by atoms with Crippen LogP contribution in [0.15, 0.2) is 60.7 Å². The van der Waals surface area contributed by atoms with Crippen molar-refractivity contribution in [1.29, 1.82) is 0 Å². The summed E-state index contributed by atoms with van der Waals surface area (Å²) < 4.78 is 11.5. The van der Waals surface area contributed by atoms with E-state index in [1.807, 2.05) is 79.4 Å². The zero-order valence-corrected chi connectivity index (χ0v) is 17.8. The monoisotopic (exact) mass is 418 g/mol. The number of aromatic nitrogens is 2. The van der Waals surface area contributed by atoms with E-state index >= 15 is 0 Å². The number of hydrogen-bond donors (Lipinski definition) is 0. The van der Waals surface area contributed by atoms with Crippen LogP contribution >= 0.6 is 0 Å². The van der Waals surface area contributed by atoms with Gasteiger partial charge in [-0.2, -0.15) is 4.98 Å². The Balaban J connectivity index is 1.33. The van der Waals surface area contributed by atoms with Gasteiger partial charge in [-0.05, 0) is 43.7 Å². The van der Waals surface area contributed by atoms with Crippen molar-refractivity contribution in [2.45, 2.75) is 13.8 Å². The summed E-state index contributed by atoms with van der Waals surface area (Å²) in [6.45, 7) is 6.52. The second-order valence-electron chi connectivity index (χ2n) is 7.50. The van der Waals surface area contributed by atoms with Gasteiger partial charge in [0.15, 0.2) is 6.61 Å². The molecule has 2 heterocycles. The van der Waals surface area contributed by atoms with E-state index in [-0.39, 0.29) is 12.5 Å². The number of para-hydroxylation sites is 1. The van der Waals surface area contributed by atoms with Crippen molar-refractivity contribution in [2.24, 2.45) is 0 Å². The molecule has 0 unspecified atom stereocenters. The number of carbonyl (C=O) groups is 1. The van der Waals surface area contributed by atoms with Crippen molar-refractivity contribution in [3.05, 3.63) is 72.1 Å². The van der Waals surface area contributed by atoms with Gasteiger partial charge in [0.2, 0.25) is 5.88 Å². The summed E-state index contributed by atoms with van der Waals surface area (Å²) >= 11 is 0. The standard InChI is InChI=1S/C24H26N4O3/c1-18-7-6-10-21(15-18)30-17-24(29)28-13-11-27(12-14-28)22-16-23(26-19(2)25-22)31-20-8-4-3-5-9-20/h3-10,15-16H,11-14,17H2,1-2H3. The van der Waals surface area contributed by atoms with E-state index in [4.69, 9.17) is 9.47 Å². The van der Waals surface area contributed by atoms with Crippen molar-refractivity contribution >= 4 is 11.7 Å². The minimum atomic E-state index is -0.00637. The first-order valence-corrected chi connectivity index (χ1v) is 10.4. The number of amides is 1. The molecule has 31 heavy (non-hydrogen) atoms. The molecule has 7 heteroatoms. The maximum absolute atomic E-state index is 12.5. The van der Waals surface area contributed by atoms with E-state index in [1.54, 1.807) is 0 Å². The number of ether oxygens (including phenoxy) is 2. The SMILES string of the molecule is Cc1cccc(OCC(=O)N2CCN(c3cc(Oc4ccccc4)nc(C)n3)CC2)c1. The molecule has 1 aliphatic rings. The van der Waals surface area contributed by atoms with Crippen molar-refractivity contribution < 1.29 is 14.3 Å². The van der Waals surface area contributed by atoms with E-state index in [2.05, 4.69) is 14.9 Å². The predicted octanol–water partition coefficient (Wildman–Crippen LogP) is 3.61. The second kappa shape index (κ2) is 9.47. The summed E-state index contributed by atoms with van der Waals surface area (Å²) in [7, 11) is 0. The lowest BCUT2D eigenvalue weighted by Gasteiger charge is -2.35. The lowest BCUT2D eigenvalue weighted by atomic mass is 10.2. The highest BCUT2D eigenvalue weighted by molar-refractivity contribution is 5.78. The topological polar surface area (TPSA) is 67.8 Å². The fourth-order valence-electron chi connectivity index (χ4n) is 3.48. The lowest BCUT2D eigenvalue weighted by molar-refractivity contribution is -0.133. The molecule has 1 aromatic heterocycles. The molecule has 0 radical (unpaired) electrons. The van der Waals surface area contributed by atoms with E-state index < -0.39 is 0 Å². The minimum Gasteiger partial charge on any atom is -0.484 e. The molecule has 0 atom stereocenters. The highest BCUT2D eigenvalue weighted by atomic mass is 16.5. The van der Waals surface area contributed by atoms with Crippen LogP contribution in [0.4, 0.5) is 5.82 Å². The first kappa shape index (κ1) is 20.7. The number of carbonyl (C=O) groups excluding carboxylic acids is 1. The smallest absolute Gasteiger partial charge is 0.260 e. The first-order chi connectivity index (χ1) is 15.1. The van der Waals surface area contributed by atoms with Crippen LogP contribution in [0.25, 0.3) is 0 Å². The quantitative estimate of drug-likeness (QED) is 0.609. The van der Waals surface area contributed by atoms with Crippen LogP contribution in [-0.4, -0.2) is 53.6 Å². The van der Waals surface area contributed by atoms with Crippen LogP contribution in [0, 0.1) is 13.8 Å². The molecule has 3 aromatic rings. The highest BCUT2D eigenvalue weighted by Gasteiger charge is 2.23. The first-order valence-electron chi connectivity index (χ1n) is 10.4. The van der Waals surface area contributed by atoms with Gasteiger partial charge in [-0.15, -0.1) is 0 Å². The Labute approximate surface area is 182 Å². The average Bonchev–Trinajstić information content (AvgIpc) is 2.78. The van der Waals surface area contributed by atoms with Crippen molar-refractivity contribution in [1.82, 2.24) is 14.9 Å². The Morgan fingerprint density at radius 1 is 0.903 bits per heavy atom. The zero-order chi connectivity index (χ0) is 21.6. The number of rotatable bonds is 6. The van der Waals surface area contributed by atoms with Gasteiger partial charge in [-0.1, -0.05) is 30.3 Å². The van der Waals surface area contributed by atoms with E-state index in [0.29, 0.717) is 37.9 Å². The van der Waals surface area contributed by atoms with Gasteiger partial charge in [0.05, 0.1) is 0 Å². The Morgan fingerprint density at radius 2 is 1.65 bits per heavy atom. The molecule has 7 nitrogen and oxygen atoms in total. The van der Waals surface area contributed by atoms with Crippen molar-refractivity contribution in [2.75, 3.05) is 37.7 Å². The Bertz CT molecular complexity index is 1030. The molecule has 1 fully saturated rings. The molecule has 0 saturated carbocycles. The number of hydrogen-bond acceptors (Lipinski definition) is 6. The Morgan fingerprint density at radius 3 is 2.39 bits per heavy atom. The van der Waals surface area contributed by atoms with Crippen LogP contribution in [0.2, 0.25) is 0 Å². The summed E-state index contributed by atoms with van der Waals surface area (Å²) in [5.74, 6) is 3.41. The van der Waals surface area contributed by atoms with E-state index in [0.717, 1.165) is 22.9 Å². The molecule has 0 aliphatic carbocycles. The normalized spacial score (nSPS) is 13.7. The van der Waals surface area contributed by atoms with Gasteiger partial charge < -0.3 is 19.3 Å². The summed E-state index contributed by atoms with van der Waals surface area (Å²) in [4.78, 5) is 25.5. The van der Waals surface area contributed by atoms with Crippen LogP contribution in [0.1, 0.15) is 11.4 Å². The fraction of sp³-hybridized carbons (Fsp3) is 0.292. The molecule has 0 spiro atoms. The van der Waals surface area contributed by atoms with Gasteiger partial charge in [0, 0.05) is 32.2 Å². The van der Waals surface area contributed by atoms with Gasteiger partial charge in [-0.3, -0.25) is 4.79 Å². The molecular formula is C24H26N4O3. The number of anilines is 1. The van der Waals surface area contributed by atoms with E-state index in [1.165, 1.54) is 0 Å². The third-order valence-corrected chi connectivity index (χ3v) is 5.07. The molecule has 4 rings (SSSR count). The van der Waals surface area contributed by atoms with Gasteiger partial charge >= 0.3 is 0 Å². The summed E-state index contributed by atoms with van der Waals surface area (Å²) in [5.41, 5.74) is 1.11. The third kappa shape index (κ3) is 5.51.